The molecule has 0 aromatic rings. The number of rotatable bonds is 2. The van der Waals surface area contributed by atoms with Crippen molar-refractivity contribution in [3.05, 3.63) is 12.8 Å². The van der Waals surface area contributed by atoms with E-state index in [0.717, 1.165) is 0 Å². The molecule has 0 aliphatic heterocycles. The minimum absolute atomic E-state index is 0.669. The van der Waals surface area contributed by atoms with Crippen molar-refractivity contribution in [3.63, 3.8) is 0 Å². The average Bonchev–Trinajstić information content (AvgIpc) is 1.68. The van der Waals surface area contributed by atoms with Crippen molar-refractivity contribution >= 4 is 5.90 Å². The van der Waals surface area contributed by atoms with Gasteiger partial charge < -0.3 is 4.74 Å². The van der Waals surface area contributed by atoms with E-state index in [0.29, 0.717) is 12.5 Å². The van der Waals surface area contributed by atoms with Gasteiger partial charge in [-0.2, -0.15) is 0 Å². The van der Waals surface area contributed by atoms with E-state index in [9.17, 15) is 0 Å². The summed E-state index contributed by atoms with van der Waals surface area (Å²) in [6.07, 6.45) is 1.46. The van der Waals surface area contributed by atoms with Gasteiger partial charge in [-0.05, 0) is 6.92 Å². The molecule has 0 aromatic heterocycles. The zero-order valence-electron chi connectivity index (χ0n) is 5.35. The minimum Gasteiger partial charge on any atom is -0.481 e. The van der Waals surface area contributed by atoms with E-state index in [1.165, 1.54) is 6.20 Å². The van der Waals surface area contributed by atoms with Gasteiger partial charge in [0.05, 0.1) is 6.61 Å². The Balaban J connectivity index is 3.44. The van der Waals surface area contributed by atoms with Crippen LogP contribution in [0.3, 0.4) is 0 Å². The first-order valence-electron chi connectivity index (χ1n) is 2.59. The van der Waals surface area contributed by atoms with Crippen LogP contribution in [0.2, 0.25) is 0 Å². The predicted octanol–water partition coefficient (Wildman–Crippen LogP) is 1.58. The van der Waals surface area contributed by atoms with Gasteiger partial charge in [-0.25, -0.2) is 4.99 Å². The van der Waals surface area contributed by atoms with Crippen molar-refractivity contribution in [1.29, 1.82) is 0 Å². The van der Waals surface area contributed by atoms with Gasteiger partial charge in [0.1, 0.15) is 0 Å². The van der Waals surface area contributed by atoms with Crippen LogP contribution in [0.15, 0.2) is 17.8 Å². The van der Waals surface area contributed by atoms with Crippen molar-refractivity contribution in [3.8, 4) is 0 Å². The second-order valence-electron chi connectivity index (χ2n) is 1.26. The number of aliphatic imine (C=N–C) groups is 1. The Morgan fingerprint density at radius 3 is 2.88 bits per heavy atom. The molecule has 0 fully saturated rings. The van der Waals surface area contributed by atoms with Crippen molar-refractivity contribution in [1.82, 2.24) is 0 Å². The first-order chi connectivity index (χ1) is 3.81. The van der Waals surface area contributed by atoms with Gasteiger partial charge >= 0.3 is 0 Å². The van der Waals surface area contributed by atoms with E-state index in [1.807, 2.05) is 6.92 Å². The van der Waals surface area contributed by atoms with Crippen LogP contribution in [0.1, 0.15) is 13.8 Å². The fourth-order valence-corrected chi connectivity index (χ4v) is 0.375. The fraction of sp³-hybridized carbons (Fsp3) is 0.500. The van der Waals surface area contributed by atoms with Gasteiger partial charge in [0.15, 0.2) is 5.90 Å². The molecule has 0 bridgehead atoms. The summed E-state index contributed by atoms with van der Waals surface area (Å²) in [5.74, 6) is 0.669. The third-order valence-corrected chi connectivity index (χ3v) is 0.626. The molecule has 0 saturated heterocycles. The highest BCUT2D eigenvalue weighted by Crippen LogP contribution is 1.80. The number of hydrogen-bond acceptors (Lipinski definition) is 2. The topological polar surface area (TPSA) is 21.6 Å². The molecule has 0 aliphatic rings. The van der Waals surface area contributed by atoms with Gasteiger partial charge in [-0.1, -0.05) is 6.58 Å². The van der Waals surface area contributed by atoms with Crippen molar-refractivity contribution < 1.29 is 4.74 Å². The molecule has 46 valence electrons. The van der Waals surface area contributed by atoms with Crippen LogP contribution in [0.5, 0.6) is 0 Å². The van der Waals surface area contributed by atoms with Crippen molar-refractivity contribution in [2.75, 3.05) is 6.61 Å². The maximum Gasteiger partial charge on any atom is 0.184 e. The predicted molar refractivity (Wildman–Crippen MR) is 34.9 cm³/mol. The molecule has 0 atom stereocenters. The third-order valence-electron chi connectivity index (χ3n) is 0.626. The minimum atomic E-state index is 0.669. The molecule has 2 heteroatoms. The Kier molecular flexibility index (Phi) is 3.94. The smallest absolute Gasteiger partial charge is 0.184 e. The van der Waals surface area contributed by atoms with Gasteiger partial charge in [0.2, 0.25) is 0 Å². The maximum atomic E-state index is 4.96. The molecule has 0 radical (unpaired) electrons. The Morgan fingerprint density at radius 1 is 1.88 bits per heavy atom. The lowest BCUT2D eigenvalue weighted by Crippen LogP contribution is -1.96. The lowest BCUT2D eigenvalue weighted by atomic mass is 10.7. The molecule has 0 unspecified atom stereocenters. The summed E-state index contributed by atoms with van der Waals surface area (Å²) in [6.45, 7) is 7.80. The zero-order valence-corrected chi connectivity index (χ0v) is 5.35. The van der Waals surface area contributed by atoms with Crippen LogP contribution in [0.25, 0.3) is 0 Å². The summed E-state index contributed by atoms with van der Waals surface area (Å²) in [6, 6.07) is 0. The second-order valence-corrected chi connectivity index (χ2v) is 1.26. The molecule has 0 amide bonds. The molecular formula is C6H11NO. The first-order valence-corrected chi connectivity index (χ1v) is 2.59. The second kappa shape index (κ2) is 4.37. The highest BCUT2D eigenvalue weighted by atomic mass is 16.5. The van der Waals surface area contributed by atoms with Crippen LogP contribution >= 0.6 is 0 Å². The molecule has 0 aromatic carbocycles. The van der Waals surface area contributed by atoms with Crippen LogP contribution < -0.4 is 0 Å². The maximum absolute atomic E-state index is 4.96. The summed E-state index contributed by atoms with van der Waals surface area (Å²) >= 11 is 0. The number of hydrogen-bond donors (Lipinski definition) is 0. The van der Waals surface area contributed by atoms with Crippen LogP contribution in [-0.4, -0.2) is 12.5 Å². The van der Waals surface area contributed by atoms with Crippen LogP contribution in [-0.2, 0) is 4.74 Å². The van der Waals surface area contributed by atoms with E-state index >= 15 is 0 Å². The summed E-state index contributed by atoms with van der Waals surface area (Å²) in [4.78, 5) is 3.77. The lowest BCUT2D eigenvalue weighted by Gasteiger charge is -1.96. The number of ether oxygens (including phenoxy) is 1. The third kappa shape index (κ3) is 3.40. The van der Waals surface area contributed by atoms with Crippen molar-refractivity contribution in [2.45, 2.75) is 13.8 Å². The highest BCUT2D eigenvalue weighted by Gasteiger charge is 1.81. The lowest BCUT2D eigenvalue weighted by molar-refractivity contribution is 0.324. The summed E-state index contributed by atoms with van der Waals surface area (Å²) in [5, 5.41) is 0. The molecule has 0 saturated carbocycles. The zero-order chi connectivity index (χ0) is 6.41. The van der Waals surface area contributed by atoms with E-state index < -0.39 is 0 Å². The highest BCUT2D eigenvalue weighted by molar-refractivity contribution is 5.73. The standard InChI is InChI=1S/C6H11NO/c1-4-7-6(3)8-5-2/h4H,1,5H2,2-3H3/b7-6+. The Hall–Kier alpha value is -0.790. The van der Waals surface area contributed by atoms with E-state index in [4.69, 9.17) is 4.74 Å². The van der Waals surface area contributed by atoms with Gasteiger partial charge in [0, 0.05) is 13.1 Å². The summed E-state index contributed by atoms with van der Waals surface area (Å²) in [5.41, 5.74) is 0. The van der Waals surface area contributed by atoms with Crippen LogP contribution in [0, 0.1) is 0 Å². The number of nitrogens with zero attached hydrogens (tertiary/aromatic N) is 1. The van der Waals surface area contributed by atoms with E-state index in [2.05, 4.69) is 11.6 Å². The van der Waals surface area contributed by atoms with E-state index in [-0.39, 0.29) is 0 Å². The average molecular weight is 113 g/mol. The summed E-state index contributed by atoms with van der Waals surface area (Å²) in [7, 11) is 0. The summed E-state index contributed by atoms with van der Waals surface area (Å²) < 4.78 is 4.96. The van der Waals surface area contributed by atoms with Gasteiger partial charge in [-0.3, -0.25) is 0 Å². The molecule has 0 heterocycles. The Morgan fingerprint density at radius 2 is 2.50 bits per heavy atom. The monoisotopic (exact) mass is 113 g/mol. The Bertz CT molecular complexity index is 96.7. The molecule has 0 N–H and O–H groups in total. The first kappa shape index (κ1) is 7.21. The Labute approximate surface area is 49.9 Å². The largest absolute Gasteiger partial charge is 0.481 e. The quantitative estimate of drug-likeness (QED) is 0.393. The van der Waals surface area contributed by atoms with Gasteiger partial charge in [0.25, 0.3) is 0 Å². The molecule has 0 spiro atoms. The van der Waals surface area contributed by atoms with Crippen molar-refractivity contribution in [2.24, 2.45) is 4.99 Å². The normalized spacial score (nSPS) is 11.0. The molecule has 8 heavy (non-hydrogen) atoms. The van der Waals surface area contributed by atoms with Crippen LogP contribution in [0.4, 0.5) is 0 Å². The molecular weight excluding hydrogens is 102 g/mol. The molecule has 2 nitrogen and oxygen atoms in total. The fourth-order valence-electron chi connectivity index (χ4n) is 0.375. The van der Waals surface area contributed by atoms with E-state index in [1.54, 1.807) is 6.92 Å². The van der Waals surface area contributed by atoms with Gasteiger partial charge in [-0.15, -0.1) is 0 Å². The molecule has 0 aliphatic carbocycles. The SMILES string of the molecule is C=C/N=C(\C)OCC. The molecule has 0 rings (SSSR count).